The van der Waals surface area contributed by atoms with Gasteiger partial charge in [0.15, 0.2) is 5.57 Å². The number of anilines is 1. The van der Waals surface area contributed by atoms with Gasteiger partial charge >= 0.3 is 12.1 Å². The number of ether oxygens (including phenoxy) is 1. The first-order valence-electron chi connectivity index (χ1n) is 8.74. The molecule has 0 aromatic heterocycles. The quantitative estimate of drug-likeness (QED) is 0.603. The molecule has 0 aliphatic carbocycles. The van der Waals surface area contributed by atoms with Crippen LogP contribution in [0.25, 0.3) is 0 Å². The third kappa shape index (κ3) is 2.79. The van der Waals surface area contributed by atoms with E-state index in [1.54, 1.807) is 31.2 Å². The minimum Gasteiger partial charge on any atom is -0.462 e. The van der Waals surface area contributed by atoms with Gasteiger partial charge in [-0.1, -0.05) is 54.2 Å². The Hall–Kier alpha value is -2.94. The van der Waals surface area contributed by atoms with E-state index in [9.17, 15) is 22.8 Å². The van der Waals surface area contributed by atoms with Crippen molar-refractivity contribution < 1.29 is 27.5 Å². The lowest BCUT2D eigenvalue weighted by Gasteiger charge is -2.47. The third-order valence-electron chi connectivity index (χ3n) is 4.67. The van der Waals surface area contributed by atoms with Crippen molar-refractivity contribution in [1.29, 1.82) is 0 Å². The fourth-order valence-corrected chi connectivity index (χ4v) is 4.71. The SMILES string of the molecule is CCOC(=O)C1=C2Sc3ccccc3N2C(c2ccccc2)(C(F)(F)F)NC1=O. The molecule has 0 spiro atoms. The molecule has 2 aromatic carbocycles. The summed E-state index contributed by atoms with van der Waals surface area (Å²) in [5.41, 5.74) is -3.23. The number of fused-ring (bicyclic) bond motifs is 3. The number of para-hydroxylation sites is 1. The van der Waals surface area contributed by atoms with Gasteiger partial charge in [0.25, 0.3) is 5.91 Å². The van der Waals surface area contributed by atoms with E-state index in [-0.39, 0.29) is 22.9 Å². The van der Waals surface area contributed by atoms with Gasteiger partial charge in [0, 0.05) is 10.5 Å². The molecule has 2 aliphatic rings. The Morgan fingerprint density at radius 3 is 2.45 bits per heavy atom. The number of carbonyl (C=O) groups excluding carboxylic acids is 2. The van der Waals surface area contributed by atoms with Crippen LogP contribution < -0.4 is 10.2 Å². The number of alkyl halides is 3. The van der Waals surface area contributed by atoms with Crippen molar-refractivity contribution in [2.75, 3.05) is 11.5 Å². The third-order valence-corrected chi connectivity index (χ3v) is 5.81. The minimum atomic E-state index is -4.90. The fraction of sp³-hybridized carbons (Fsp3) is 0.200. The maximum Gasteiger partial charge on any atom is 0.435 e. The van der Waals surface area contributed by atoms with E-state index >= 15 is 0 Å². The molecule has 0 radical (unpaired) electrons. The molecule has 2 heterocycles. The van der Waals surface area contributed by atoms with Crippen molar-refractivity contribution in [2.24, 2.45) is 0 Å². The summed E-state index contributed by atoms with van der Waals surface area (Å²) in [5.74, 6) is -2.09. The van der Waals surface area contributed by atoms with Gasteiger partial charge < -0.3 is 10.1 Å². The molecule has 2 aromatic rings. The molecule has 4 rings (SSSR count). The van der Waals surface area contributed by atoms with E-state index in [1.807, 2.05) is 0 Å². The molecule has 0 bridgehead atoms. The molecule has 1 atom stereocenters. The van der Waals surface area contributed by atoms with Crippen LogP contribution in [0, 0.1) is 0 Å². The molecule has 150 valence electrons. The van der Waals surface area contributed by atoms with E-state index in [1.165, 1.54) is 30.3 Å². The van der Waals surface area contributed by atoms with Crippen LogP contribution in [-0.2, 0) is 20.0 Å². The highest BCUT2D eigenvalue weighted by Crippen LogP contribution is 2.57. The Kier molecular flexibility index (Phi) is 4.57. The van der Waals surface area contributed by atoms with Gasteiger partial charge in [-0.3, -0.25) is 9.69 Å². The zero-order valence-electron chi connectivity index (χ0n) is 15.1. The second-order valence-corrected chi connectivity index (χ2v) is 7.36. The van der Waals surface area contributed by atoms with E-state index in [2.05, 4.69) is 5.32 Å². The molecular weight excluding hydrogens is 405 g/mol. The Labute approximate surface area is 168 Å². The molecule has 1 amide bonds. The summed E-state index contributed by atoms with van der Waals surface area (Å²) in [6.07, 6.45) is -4.90. The molecule has 0 fully saturated rings. The Balaban J connectivity index is 2.05. The summed E-state index contributed by atoms with van der Waals surface area (Å²) >= 11 is 0.943. The van der Waals surface area contributed by atoms with Gasteiger partial charge in [-0.25, -0.2) is 4.79 Å². The fourth-order valence-electron chi connectivity index (χ4n) is 3.49. The van der Waals surface area contributed by atoms with Crippen molar-refractivity contribution in [3.8, 4) is 0 Å². The number of rotatable bonds is 3. The lowest BCUT2D eigenvalue weighted by Crippen LogP contribution is -2.68. The second-order valence-electron chi connectivity index (χ2n) is 6.33. The highest BCUT2D eigenvalue weighted by atomic mass is 32.2. The van der Waals surface area contributed by atoms with Crippen molar-refractivity contribution >= 4 is 29.3 Å². The topological polar surface area (TPSA) is 58.6 Å². The zero-order valence-corrected chi connectivity index (χ0v) is 15.9. The van der Waals surface area contributed by atoms with Crippen molar-refractivity contribution in [3.05, 3.63) is 70.8 Å². The van der Waals surface area contributed by atoms with Gasteiger partial charge in [0.05, 0.1) is 12.3 Å². The first-order chi connectivity index (χ1) is 13.8. The van der Waals surface area contributed by atoms with Crippen LogP contribution >= 0.6 is 11.8 Å². The molecule has 0 saturated heterocycles. The summed E-state index contributed by atoms with van der Waals surface area (Å²) in [7, 11) is 0. The first-order valence-corrected chi connectivity index (χ1v) is 9.56. The van der Waals surface area contributed by atoms with Crippen LogP contribution in [0.4, 0.5) is 18.9 Å². The normalized spacial score (nSPS) is 20.8. The predicted octanol–water partition coefficient (Wildman–Crippen LogP) is 3.92. The average Bonchev–Trinajstić information content (AvgIpc) is 3.06. The lowest BCUT2D eigenvalue weighted by atomic mass is 9.92. The smallest absolute Gasteiger partial charge is 0.435 e. The van der Waals surface area contributed by atoms with E-state index in [0.29, 0.717) is 4.90 Å². The van der Waals surface area contributed by atoms with Gasteiger partial charge in [0.1, 0.15) is 5.03 Å². The van der Waals surface area contributed by atoms with Crippen LogP contribution in [0.2, 0.25) is 0 Å². The summed E-state index contributed by atoms with van der Waals surface area (Å²) < 4.78 is 48.9. The van der Waals surface area contributed by atoms with Crippen LogP contribution in [0.15, 0.2) is 70.1 Å². The first kappa shape index (κ1) is 19.4. The molecule has 2 aliphatic heterocycles. The lowest BCUT2D eigenvalue weighted by molar-refractivity contribution is -0.202. The van der Waals surface area contributed by atoms with Crippen molar-refractivity contribution in [2.45, 2.75) is 23.7 Å². The van der Waals surface area contributed by atoms with Crippen LogP contribution in [0.1, 0.15) is 12.5 Å². The maximum atomic E-state index is 14.7. The average molecular weight is 420 g/mol. The Morgan fingerprint density at radius 1 is 1.14 bits per heavy atom. The molecule has 5 nitrogen and oxygen atoms in total. The molecule has 29 heavy (non-hydrogen) atoms. The van der Waals surface area contributed by atoms with Crippen LogP contribution in [0.5, 0.6) is 0 Å². The molecule has 9 heteroatoms. The molecule has 0 saturated carbocycles. The van der Waals surface area contributed by atoms with Crippen molar-refractivity contribution in [3.63, 3.8) is 0 Å². The van der Waals surface area contributed by atoms with Crippen LogP contribution in [0.3, 0.4) is 0 Å². The highest BCUT2D eigenvalue weighted by Gasteiger charge is 2.66. The Morgan fingerprint density at radius 2 is 1.79 bits per heavy atom. The van der Waals surface area contributed by atoms with Gasteiger partial charge in [-0.2, -0.15) is 13.2 Å². The second kappa shape index (κ2) is 6.84. The number of benzene rings is 2. The molecule has 1 N–H and O–H groups in total. The van der Waals surface area contributed by atoms with Gasteiger partial charge in [-0.15, -0.1) is 0 Å². The van der Waals surface area contributed by atoms with E-state index in [0.717, 1.165) is 16.7 Å². The summed E-state index contributed by atoms with van der Waals surface area (Å²) in [5, 5.41) is 1.98. The number of hydrogen-bond acceptors (Lipinski definition) is 5. The number of amides is 1. The van der Waals surface area contributed by atoms with Crippen LogP contribution in [-0.4, -0.2) is 24.7 Å². The number of halogens is 3. The summed E-state index contributed by atoms with van der Waals surface area (Å²) in [6, 6.07) is 13.6. The number of thioether (sulfide) groups is 1. The van der Waals surface area contributed by atoms with Gasteiger partial charge in [-0.05, 0) is 19.1 Å². The Bertz CT molecular complexity index is 1020. The van der Waals surface area contributed by atoms with Crippen molar-refractivity contribution in [1.82, 2.24) is 5.32 Å². The summed E-state index contributed by atoms with van der Waals surface area (Å²) in [4.78, 5) is 26.8. The minimum absolute atomic E-state index is 0.0103. The number of carbonyl (C=O) groups is 2. The number of nitrogens with zero attached hydrogens (tertiary/aromatic N) is 1. The summed E-state index contributed by atoms with van der Waals surface area (Å²) in [6.45, 7) is 1.55. The highest BCUT2D eigenvalue weighted by molar-refractivity contribution is 8.03. The predicted molar refractivity (Wildman–Crippen MR) is 101 cm³/mol. The zero-order chi connectivity index (χ0) is 20.8. The van der Waals surface area contributed by atoms with Gasteiger partial charge in [0.2, 0.25) is 5.66 Å². The largest absolute Gasteiger partial charge is 0.462 e. The van der Waals surface area contributed by atoms with E-state index < -0.39 is 29.3 Å². The number of esters is 1. The maximum absolute atomic E-state index is 14.7. The molecular formula is C20H15F3N2O3S. The number of hydrogen-bond donors (Lipinski definition) is 1. The van der Waals surface area contributed by atoms with E-state index in [4.69, 9.17) is 4.74 Å². The molecule has 1 unspecified atom stereocenters. The standard InChI is InChI=1S/C20H15F3N2O3S/c1-2-28-18(27)15-16(26)24-19(20(21,22)23,12-8-4-3-5-9-12)25-13-10-6-7-11-14(13)29-17(15)25/h3-11H,2H2,1H3,(H,24,26). The monoisotopic (exact) mass is 420 g/mol. The number of nitrogens with one attached hydrogen (secondary N) is 1.